The summed E-state index contributed by atoms with van der Waals surface area (Å²) in [6.07, 6.45) is 0.817. The van der Waals surface area contributed by atoms with Crippen molar-refractivity contribution in [2.75, 3.05) is 13.2 Å². The lowest BCUT2D eigenvalue weighted by molar-refractivity contribution is -0.118. The number of hydrogen-bond donors (Lipinski definition) is 2. The minimum Gasteiger partial charge on any atom is -0.489 e. The van der Waals surface area contributed by atoms with Crippen molar-refractivity contribution < 1.29 is 14.3 Å². The number of hydrogen-bond acceptors (Lipinski definition) is 4. The zero-order valence-electron chi connectivity index (χ0n) is 11.1. The van der Waals surface area contributed by atoms with E-state index in [1.54, 1.807) is 0 Å². The van der Waals surface area contributed by atoms with Crippen LogP contribution < -0.4 is 20.9 Å². The second-order valence-electron chi connectivity index (χ2n) is 5.04. The first kappa shape index (κ1) is 13.7. The van der Waals surface area contributed by atoms with Gasteiger partial charge >= 0.3 is 0 Å². The van der Waals surface area contributed by atoms with Crippen molar-refractivity contribution in [1.29, 1.82) is 0 Å². The zero-order valence-corrected chi connectivity index (χ0v) is 11.1. The van der Waals surface area contributed by atoms with Gasteiger partial charge in [-0.05, 0) is 24.1 Å². The van der Waals surface area contributed by atoms with Gasteiger partial charge in [0, 0.05) is 18.4 Å². The van der Waals surface area contributed by atoms with Crippen molar-refractivity contribution >= 4 is 5.91 Å². The van der Waals surface area contributed by atoms with Crippen LogP contribution in [0.5, 0.6) is 11.5 Å². The largest absolute Gasteiger partial charge is 0.489 e. The normalized spacial score (nSPS) is 19.6. The Kier molecular flexibility index (Phi) is 4.27. The van der Waals surface area contributed by atoms with Crippen LogP contribution in [0.4, 0.5) is 0 Å². The minimum absolute atomic E-state index is 0.220. The van der Waals surface area contributed by atoms with Gasteiger partial charge in [-0.15, -0.1) is 0 Å². The summed E-state index contributed by atoms with van der Waals surface area (Å²) in [5.74, 6) is 1.49. The first-order valence-corrected chi connectivity index (χ1v) is 6.49. The number of nitrogens with two attached hydrogens (primary N) is 2. The highest BCUT2D eigenvalue weighted by molar-refractivity contribution is 5.73. The molecule has 5 nitrogen and oxygen atoms in total. The van der Waals surface area contributed by atoms with Gasteiger partial charge in [-0.2, -0.15) is 0 Å². The number of amides is 1. The van der Waals surface area contributed by atoms with Crippen molar-refractivity contribution in [3.05, 3.63) is 23.8 Å². The van der Waals surface area contributed by atoms with E-state index in [0.717, 1.165) is 17.1 Å². The molecule has 0 aliphatic carbocycles. The van der Waals surface area contributed by atoms with E-state index in [4.69, 9.17) is 20.9 Å². The molecule has 19 heavy (non-hydrogen) atoms. The summed E-state index contributed by atoms with van der Waals surface area (Å²) in [6, 6.07) is 5.44. The van der Waals surface area contributed by atoms with E-state index in [1.165, 1.54) is 0 Å². The molecule has 104 valence electrons. The van der Waals surface area contributed by atoms with Crippen molar-refractivity contribution in [2.45, 2.75) is 25.8 Å². The molecule has 0 bridgehead atoms. The Morgan fingerprint density at radius 2 is 2.05 bits per heavy atom. The van der Waals surface area contributed by atoms with Crippen molar-refractivity contribution in [3.63, 3.8) is 0 Å². The van der Waals surface area contributed by atoms with Gasteiger partial charge in [0.15, 0.2) is 11.5 Å². The molecule has 0 fully saturated rings. The fourth-order valence-corrected chi connectivity index (χ4v) is 1.96. The molecular weight excluding hydrogens is 244 g/mol. The third-order valence-corrected chi connectivity index (χ3v) is 3.14. The SMILES string of the molecule is CC1COc2ccc(C(N)CCC(N)=O)cc2OC1. The molecule has 1 aromatic rings. The maximum absolute atomic E-state index is 10.8. The van der Waals surface area contributed by atoms with Gasteiger partial charge in [-0.1, -0.05) is 13.0 Å². The van der Waals surface area contributed by atoms with E-state index in [-0.39, 0.29) is 18.4 Å². The third kappa shape index (κ3) is 3.61. The Bertz CT molecular complexity index is 462. The summed E-state index contributed by atoms with van der Waals surface area (Å²) in [4.78, 5) is 10.8. The maximum atomic E-state index is 10.8. The second-order valence-corrected chi connectivity index (χ2v) is 5.04. The number of fused-ring (bicyclic) bond motifs is 1. The first-order valence-electron chi connectivity index (χ1n) is 6.49. The molecule has 1 aromatic carbocycles. The number of ether oxygens (including phenoxy) is 2. The Balaban J connectivity index is 2.10. The molecule has 0 saturated heterocycles. The quantitative estimate of drug-likeness (QED) is 0.859. The van der Waals surface area contributed by atoms with Crippen LogP contribution in [-0.2, 0) is 4.79 Å². The molecule has 0 spiro atoms. The van der Waals surface area contributed by atoms with Crippen LogP contribution in [0.3, 0.4) is 0 Å². The molecule has 1 aliphatic rings. The minimum atomic E-state index is -0.335. The number of benzene rings is 1. The summed E-state index contributed by atoms with van der Waals surface area (Å²) in [6.45, 7) is 3.36. The predicted octanol–water partition coefficient (Wildman–Crippen LogP) is 1.36. The Morgan fingerprint density at radius 1 is 1.37 bits per heavy atom. The van der Waals surface area contributed by atoms with Crippen LogP contribution in [0.2, 0.25) is 0 Å². The van der Waals surface area contributed by atoms with Crippen LogP contribution in [0.15, 0.2) is 18.2 Å². The molecule has 1 aliphatic heterocycles. The van der Waals surface area contributed by atoms with Gasteiger partial charge < -0.3 is 20.9 Å². The summed E-state index contributed by atoms with van der Waals surface area (Å²) in [5.41, 5.74) is 12.1. The van der Waals surface area contributed by atoms with Gasteiger partial charge in [0.25, 0.3) is 0 Å². The molecular formula is C14H20N2O3. The van der Waals surface area contributed by atoms with Crippen LogP contribution in [0, 0.1) is 5.92 Å². The molecule has 5 heteroatoms. The number of carbonyl (C=O) groups excluding carboxylic acids is 1. The Labute approximate surface area is 112 Å². The van der Waals surface area contributed by atoms with Gasteiger partial charge in [-0.3, -0.25) is 4.79 Å². The monoisotopic (exact) mass is 264 g/mol. The highest BCUT2D eigenvalue weighted by Crippen LogP contribution is 2.33. The predicted molar refractivity (Wildman–Crippen MR) is 72.0 cm³/mol. The van der Waals surface area contributed by atoms with Gasteiger partial charge in [0.2, 0.25) is 5.91 Å². The van der Waals surface area contributed by atoms with Crippen molar-refractivity contribution in [1.82, 2.24) is 0 Å². The summed E-state index contributed by atoms with van der Waals surface area (Å²) >= 11 is 0. The second kappa shape index (κ2) is 5.93. The standard InChI is InChI=1S/C14H20N2O3/c1-9-7-18-12-4-2-10(6-13(12)19-8-9)11(15)3-5-14(16)17/h2,4,6,9,11H,3,5,7-8,15H2,1H3,(H2,16,17). The average Bonchev–Trinajstić information content (AvgIpc) is 2.58. The number of carbonyl (C=O) groups is 1. The van der Waals surface area contributed by atoms with Gasteiger partial charge in [-0.25, -0.2) is 0 Å². The van der Waals surface area contributed by atoms with Gasteiger partial charge in [0.1, 0.15) is 0 Å². The Hall–Kier alpha value is -1.75. The first-order chi connectivity index (χ1) is 9.06. The topological polar surface area (TPSA) is 87.6 Å². The third-order valence-electron chi connectivity index (χ3n) is 3.14. The molecule has 2 atom stereocenters. The fourth-order valence-electron chi connectivity index (χ4n) is 1.96. The van der Waals surface area contributed by atoms with E-state index in [0.29, 0.717) is 25.6 Å². The van der Waals surface area contributed by atoms with Crippen LogP contribution >= 0.6 is 0 Å². The van der Waals surface area contributed by atoms with Crippen LogP contribution in [-0.4, -0.2) is 19.1 Å². The number of primary amides is 1. The lowest BCUT2D eigenvalue weighted by atomic mass is 10.0. The molecule has 1 amide bonds. The molecule has 0 radical (unpaired) electrons. The lowest BCUT2D eigenvalue weighted by Gasteiger charge is -2.14. The lowest BCUT2D eigenvalue weighted by Crippen LogP contribution is -2.16. The maximum Gasteiger partial charge on any atom is 0.217 e. The zero-order chi connectivity index (χ0) is 13.8. The fraction of sp³-hybridized carbons (Fsp3) is 0.500. The highest BCUT2D eigenvalue weighted by atomic mass is 16.5. The Morgan fingerprint density at radius 3 is 2.74 bits per heavy atom. The van der Waals surface area contributed by atoms with Crippen molar-refractivity contribution in [2.24, 2.45) is 17.4 Å². The van der Waals surface area contributed by atoms with E-state index >= 15 is 0 Å². The van der Waals surface area contributed by atoms with Gasteiger partial charge in [0.05, 0.1) is 13.2 Å². The van der Waals surface area contributed by atoms with Crippen molar-refractivity contribution in [3.8, 4) is 11.5 Å². The summed E-state index contributed by atoms with van der Waals surface area (Å²) < 4.78 is 11.4. The van der Waals surface area contributed by atoms with E-state index in [2.05, 4.69) is 6.92 Å². The van der Waals surface area contributed by atoms with Crippen LogP contribution in [0.25, 0.3) is 0 Å². The highest BCUT2D eigenvalue weighted by Gasteiger charge is 2.17. The smallest absolute Gasteiger partial charge is 0.217 e. The molecule has 0 aromatic heterocycles. The van der Waals surface area contributed by atoms with E-state index in [9.17, 15) is 4.79 Å². The molecule has 0 saturated carbocycles. The molecule has 2 unspecified atom stereocenters. The van der Waals surface area contributed by atoms with E-state index in [1.807, 2.05) is 18.2 Å². The average molecular weight is 264 g/mol. The summed E-state index contributed by atoms with van der Waals surface area (Å²) in [7, 11) is 0. The van der Waals surface area contributed by atoms with Crippen LogP contribution in [0.1, 0.15) is 31.4 Å². The molecule has 1 heterocycles. The van der Waals surface area contributed by atoms with E-state index < -0.39 is 0 Å². The number of rotatable bonds is 4. The molecule has 4 N–H and O–H groups in total. The molecule has 2 rings (SSSR count). The summed E-state index contributed by atoms with van der Waals surface area (Å²) in [5, 5.41) is 0.